The van der Waals surface area contributed by atoms with Crippen molar-refractivity contribution in [1.29, 1.82) is 0 Å². The Morgan fingerprint density at radius 1 is 1.56 bits per heavy atom. The van der Waals surface area contributed by atoms with Crippen molar-refractivity contribution in [2.75, 3.05) is 11.9 Å². The Morgan fingerprint density at radius 3 is 2.81 bits per heavy atom. The second-order valence-electron chi connectivity index (χ2n) is 4.43. The number of hydrogen-bond donors (Lipinski definition) is 2. The summed E-state index contributed by atoms with van der Waals surface area (Å²) in [6.45, 7) is 4.51. The van der Waals surface area contributed by atoms with Gasteiger partial charge in [-0.05, 0) is 44.2 Å². The van der Waals surface area contributed by atoms with Crippen molar-refractivity contribution in [3.05, 3.63) is 22.9 Å². The number of aromatic nitrogens is 1. The minimum atomic E-state index is -0.914. The zero-order valence-corrected chi connectivity index (χ0v) is 9.58. The van der Waals surface area contributed by atoms with Crippen molar-refractivity contribution < 1.29 is 9.90 Å². The number of nitrogens with zero attached hydrogens (tertiary/aromatic N) is 1. The van der Waals surface area contributed by atoms with Crippen LogP contribution >= 0.6 is 0 Å². The standard InChI is InChI=1S/C12H16N2O2/c1-7-5-8(2)14-11(10(7)12(15)16)13-6-9-3-4-9/h5,9H,3-4,6H2,1-2H3,(H,13,14)(H,15,16). The molecule has 4 heteroatoms. The molecule has 0 amide bonds. The highest BCUT2D eigenvalue weighted by Gasteiger charge is 2.22. The lowest BCUT2D eigenvalue weighted by Crippen LogP contribution is -2.12. The maximum atomic E-state index is 11.1. The SMILES string of the molecule is Cc1cc(C)c(C(=O)O)c(NCC2CC2)n1. The third-order valence-corrected chi connectivity index (χ3v) is 2.81. The van der Waals surface area contributed by atoms with Gasteiger partial charge in [0.2, 0.25) is 0 Å². The predicted molar refractivity (Wildman–Crippen MR) is 61.9 cm³/mol. The number of anilines is 1. The van der Waals surface area contributed by atoms with Gasteiger partial charge in [-0.1, -0.05) is 0 Å². The lowest BCUT2D eigenvalue weighted by atomic mass is 10.1. The maximum Gasteiger partial charge on any atom is 0.339 e. The fraction of sp³-hybridized carbons (Fsp3) is 0.500. The molecule has 1 aliphatic rings. The molecule has 1 fully saturated rings. The molecule has 0 unspecified atom stereocenters. The van der Waals surface area contributed by atoms with Crippen LogP contribution in [0.15, 0.2) is 6.07 Å². The summed E-state index contributed by atoms with van der Waals surface area (Å²) in [6, 6.07) is 1.80. The van der Waals surface area contributed by atoms with Gasteiger partial charge in [-0.3, -0.25) is 0 Å². The number of aryl methyl sites for hydroxylation is 2. The van der Waals surface area contributed by atoms with Crippen LogP contribution in [0, 0.1) is 19.8 Å². The van der Waals surface area contributed by atoms with E-state index in [9.17, 15) is 4.79 Å². The average Bonchev–Trinajstić information content (AvgIpc) is 2.95. The van der Waals surface area contributed by atoms with Crippen molar-refractivity contribution >= 4 is 11.8 Å². The van der Waals surface area contributed by atoms with E-state index in [2.05, 4.69) is 10.3 Å². The molecule has 0 atom stereocenters. The molecule has 1 saturated carbocycles. The number of rotatable bonds is 4. The molecule has 1 aliphatic carbocycles. The Morgan fingerprint density at radius 2 is 2.25 bits per heavy atom. The Labute approximate surface area is 94.7 Å². The third-order valence-electron chi connectivity index (χ3n) is 2.81. The van der Waals surface area contributed by atoms with Crippen molar-refractivity contribution in [3.63, 3.8) is 0 Å². The zero-order valence-electron chi connectivity index (χ0n) is 9.58. The van der Waals surface area contributed by atoms with Gasteiger partial charge in [0.1, 0.15) is 11.4 Å². The highest BCUT2D eigenvalue weighted by atomic mass is 16.4. The first-order chi connectivity index (χ1) is 7.58. The summed E-state index contributed by atoms with van der Waals surface area (Å²) < 4.78 is 0. The van der Waals surface area contributed by atoms with Crippen LogP contribution < -0.4 is 5.32 Å². The molecule has 2 N–H and O–H groups in total. The van der Waals surface area contributed by atoms with Gasteiger partial charge >= 0.3 is 5.97 Å². The summed E-state index contributed by atoms with van der Waals surface area (Å²) in [6.07, 6.45) is 2.47. The maximum absolute atomic E-state index is 11.1. The molecule has 0 aromatic carbocycles. The van der Waals surface area contributed by atoms with Crippen LogP contribution in [-0.4, -0.2) is 22.6 Å². The molecule has 0 spiro atoms. The first-order valence-corrected chi connectivity index (χ1v) is 5.53. The molecule has 16 heavy (non-hydrogen) atoms. The molecule has 86 valence electrons. The molecule has 1 heterocycles. The predicted octanol–water partition coefficient (Wildman–Crippen LogP) is 2.22. The second kappa shape index (κ2) is 4.12. The van der Waals surface area contributed by atoms with Crippen LogP contribution in [-0.2, 0) is 0 Å². The molecule has 0 saturated heterocycles. The first-order valence-electron chi connectivity index (χ1n) is 5.53. The number of pyridine rings is 1. The molecular formula is C12H16N2O2. The Balaban J connectivity index is 2.27. The van der Waals surface area contributed by atoms with Crippen LogP contribution in [0.4, 0.5) is 5.82 Å². The topological polar surface area (TPSA) is 62.2 Å². The summed E-state index contributed by atoms with van der Waals surface area (Å²) in [5, 5.41) is 12.3. The fourth-order valence-corrected chi connectivity index (χ4v) is 1.80. The minimum absolute atomic E-state index is 0.297. The van der Waals surface area contributed by atoms with Gasteiger partial charge in [-0.2, -0.15) is 0 Å². The van der Waals surface area contributed by atoms with Gasteiger partial charge in [-0.15, -0.1) is 0 Å². The summed E-state index contributed by atoms with van der Waals surface area (Å²) >= 11 is 0. The van der Waals surface area contributed by atoms with Crippen LogP contribution in [0.2, 0.25) is 0 Å². The number of carboxylic acids is 1. The van der Waals surface area contributed by atoms with E-state index in [1.54, 1.807) is 13.0 Å². The Bertz CT molecular complexity index is 425. The molecule has 1 aromatic heterocycles. The highest BCUT2D eigenvalue weighted by Crippen LogP contribution is 2.29. The van der Waals surface area contributed by atoms with E-state index < -0.39 is 5.97 Å². The highest BCUT2D eigenvalue weighted by molar-refractivity contribution is 5.94. The smallest absolute Gasteiger partial charge is 0.339 e. The van der Waals surface area contributed by atoms with E-state index in [0.29, 0.717) is 17.3 Å². The number of hydrogen-bond acceptors (Lipinski definition) is 3. The minimum Gasteiger partial charge on any atom is -0.478 e. The molecule has 0 aliphatic heterocycles. The Hall–Kier alpha value is -1.58. The van der Waals surface area contributed by atoms with E-state index in [4.69, 9.17) is 5.11 Å². The molecule has 1 aromatic rings. The van der Waals surface area contributed by atoms with Crippen LogP contribution in [0.25, 0.3) is 0 Å². The van der Waals surface area contributed by atoms with Crippen molar-refractivity contribution in [2.45, 2.75) is 26.7 Å². The normalized spacial score (nSPS) is 14.9. The number of nitrogens with one attached hydrogen (secondary N) is 1. The molecular weight excluding hydrogens is 204 g/mol. The molecule has 4 nitrogen and oxygen atoms in total. The van der Waals surface area contributed by atoms with E-state index in [-0.39, 0.29) is 0 Å². The van der Waals surface area contributed by atoms with Gasteiger partial charge < -0.3 is 10.4 Å². The fourth-order valence-electron chi connectivity index (χ4n) is 1.80. The van der Waals surface area contributed by atoms with E-state index in [0.717, 1.165) is 17.8 Å². The van der Waals surface area contributed by atoms with Gasteiger partial charge in [0, 0.05) is 12.2 Å². The van der Waals surface area contributed by atoms with Crippen LogP contribution in [0.1, 0.15) is 34.5 Å². The monoisotopic (exact) mass is 220 g/mol. The van der Waals surface area contributed by atoms with Gasteiger partial charge in [0.15, 0.2) is 0 Å². The first kappa shape index (κ1) is 10.9. The number of carboxylic acid groups (broad SMARTS) is 1. The quantitative estimate of drug-likeness (QED) is 0.816. The van der Waals surface area contributed by atoms with E-state index in [1.807, 2.05) is 6.92 Å². The number of carbonyl (C=O) groups is 1. The molecule has 0 bridgehead atoms. The van der Waals surface area contributed by atoms with Crippen molar-refractivity contribution in [1.82, 2.24) is 4.98 Å². The third kappa shape index (κ3) is 2.32. The second-order valence-corrected chi connectivity index (χ2v) is 4.43. The lowest BCUT2D eigenvalue weighted by Gasteiger charge is -2.11. The molecule has 0 radical (unpaired) electrons. The Kier molecular flexibility index (Phi) is 2.81. The van der Waals surface area contributed by atoms with E-state index >= 15 is 0 Å². The lowest BCUT2D eigenvalue weighted by molar-refractivity contribution is 0.0697. The van der Waals surface area contributed by atoms with Crippen molar-refractivity contribution in [3.8, 4) is 0 Å². The largest absolute Gasteiger partial charge is 0.478 e. The van der Waals surface area contributed by atoms with Gasteiger partial charge in [0.25, 0.3) is 0 Å². The summed E-state index contributed by atoms with van der Waals surface area (Å²) in [4.78, 5) is 15.4. The van der Waals surface area contributed by atoms with E-state index in [1.165, 1.54) is 12.8 Å². The van der Waals surface area contributed by atoms with Gasteiger partial charge in [0.05, 0.1) is 0 Å². The molecule has 2 rings (SSSR count). The summed E-state index contributed by atoms with van der Waals surface area (Å²) in [5.74, 6) is 0.296. The summed E-state index contributed by atoms with van der Waals surface area (Å²) in [7, 11) is 0. The van der Waals surface area contributed by atoms with Crippen LogP contribution in [0.5, 0.6) is 0 Å². The zero-order chi connectivity index (χ0) is 11.7. The van der Waals surface area contributed by atoms with Crippen LogP contribution in [0.3, 0.4) is 0 Å². The van der Waals surface area contributed by atoms with Crippen molar-refractivity contribution in [2.24, 2.45) is 5.92 Å². The van der Waals surface area contributed by atoms with Gasteiger partial charge in [-0.25, -0.2) is 9.78 Å². The number of aromatic carboxylic acids is 1. The average molecular weight is 220 g/mol. The summed E-state index contributed by atoms with van der Waals surface area (Å²) in [5.41, 5.74) is 1.91.